The van der Waals surface area contributed by atoms with Gasteiger partial charge in [0.15, 0.2) is 11.6 Å². The zero-order valence-electron chi connectivity index (χ0n) is 21.9. The number of carboxylic acids is 1. The minimum Gasteiger partial charge on any atom is -0.507 e. The molecule has 1 aromatic heterocycles. The molecule has 7 heteroatoms. The smallest absolute Gasteiger partial charge is 0.335 e. The summed E-state index contributed by atoms with van der Waals surface area (Å²) in [5.74, 6) is -1.38. The first kappa shape index (κ1) is 18.4. The molecule has 168 valence electrons. The molecule has 33 heavy (non-hydrogen) atoms. The predicted molar refractivity (Wildman–Crippen MR) is 126 cm³/mol. The molecule has 4 aromatic rings. The van der Waals surface area contributed by atoms with Crippen LogP contribution >= 0.6 is 0 Å². The van der Waals surface area contributed by atoms with Crippen molar-refractivity contribution in [2.24, 2.45) is 0 Å². The largest absolute Gasteiger partial charge is 0.507 e. The average Bonchev–Trinajstić information content (AvgIpc) is 3.24. The Kier molecular flexibility index (Phi) is 4.52. The Bertz CT molecular complexity index is 1550. The van der Waals surface area contributed by atoms with Crippen molar-refractivity contribution >= 4 is 5.97 Å². The van der Waals surface area contributed by atoms with Crippen LogP contribution in [0.15, 0.2) is 42.4 Å². The molecule has 0 saturated heterocycles. The lowest BCUT2D eigenvalue weighted by atomic mass is 9.97. The SMILES string of the molecule is [2H]c1c([2H])c(C)c(-c2nc(-c3c(O)cc(C)c(C)c3C)n(-c3ccc(C(=O)O)c(C)c3)n2)c(O)c1[2H]. The van der Waals surface area contributed by atoms with E-state index < -0.39 is 23.8 Å². The van der Waals surface area contributed by atoms with Crippen LogP contribution in [0, 0.1) is 34.6 Å². The first-order valence-electron chi connectivity index (χ1n) is 11.8. The van der Waals surface area contributed by atoms with E-state index in [-0.39, 0.29) is 40.1 Å². The van der Waals surface area contributed by atoms with E-state index in [0.717, 1.165) is 16.7 Å². The van der Waals surface area contributed by atoms with Crippen LogP contribution in [-0.2, 0) is 0 Å². The highest BCUT2D eigenvalue weighted by molar-refractivity contribution is 5.89. The number of aromatic hydroxyl groups is 2. The van der Waals surface area contributed by atoms with Crippen molar-refractivity contribution in [2.45, 2.75) is 34.6 Å². The van der Waals surface area contributed by atoms with E-state index in [1.807, 2.05) is 20.8 Å². The molecule has 7 nitrogen and oxygen atoms in total. The Morgan fingerprint density at radius 2 is 1.64 bits per heavy atom. The molecule has 0 amide bonds. The lowest BCUT2D eigenvalue weighted by Crippen LogP contribution is -2.05. The molecule has 0 bridgehead atoms. The second-order valence-corrected chi connectivity index (χ2v) is 8.04. The molecule has 0 radical (unpaired) electrons. The first-order valence-corrected chi connectivity index (χ1v) is 10.3. The third-order valence-electron chi connectivity index (χ3n) is 5.92. The standard InChI is InChI=1S/C26H25N3O4/c1-13-7-6-8-20(30)22(13)24-27-25(23-17(5)16(4)14(2)12-21(23)31)29(28-24)18-9-10-19(26(32)33)15(3)11-18/h6-12,30-31H,1-5H3,(H,32,33)/i6D,7D,8D. The molecule has 1 heterocycles. The van der Waals surface area contributed by atoms with Crippen LogP contribution < -0.4 is 0 Å². The zero-order valence-corrected chi connectivity index (χ0v) is 18.9. The number of nitrogens with zero attached hydrogens (tertiary/aromatic N) is 3. The molecule has 0 aliphatic carbocycles. The summed E-state index contributed by atoms with van der Waals surface area (Å²) in [6.45, 7) is 8.84. The number of carboxylic acid groups (broad SMARTS) is 1. The summed E-state index contributed by atoms with van der Waals surface area (Å²) in [5.41, 5.74) is 4.35. The van der Waals surface area contributed by atoms with Gasteiger partial charge in [0.05, 0.1) is 26.5 Å². The third kappa shape index (κ3) is 3.71. The summed E-state index contributed by atoms with van der Waals surface area (Å²) < 4.78 is 25.6. The molecule has 0 unspecified atom stereocenters. The Labute approximate surface area is 195 Å². The van der Waals surface area contributed by atoms with Crippen molar-refractivity contribution in [2.75, 3.05) is 0 Å². The van der Waals surface area contributed by atoms with Crippen LogP contribution in [0.25, 0.3) is 28.5 Å². The van der Waals surface area contributed by atoms with Gasteiger partial charge in [-0.05, 0) is 92.7 Å². The molecule has 0 fully saturated rings. The number of rotatable bonds is 4. The van der Waals surface area contributed by atoms with Gasteiger partial charge >= 0.3 is 5.97 Å². The molecule has 0 saturated carbocycles. The van der Waals surface area contributed by atoms with E-state index >= 15 is 0 Å². The molecular formula is C26H25N3O4. The molecule has 0 aliphatic rings. The Hall–Kier alpha value is -4.13. The Morgan fingerprint density at radius 3 is 2.30 bits per heavy atom. The van der Waals surface area contributed by atoms with Crippen LogP contribution in [0.4, 0.5) is 0 Å². The van der Waals surface area contributed by atoms with Crippen LogP contribution in [0.2, 0.25) is 0 Å². The van der Waals surface area contributed by atoms with Crippen LogP contribution in [0.3, 0.4) is 0 Å². The van der Waals surface area contributed by atoms with Gasteiger partial charge in [-0.15, -0.1) is 5.10 Å². The fourth-order valence-electron chi connectivity index (χ4n) is 3.88. The first-order chi connectivity index (χ1) is 16.8. The van der Waals surface area contributed by atoms with Gasteiger partial charge < -0.3 is 15.3 Å². The number of aryl methyl sites for hydroxylation is 2. The lowest BCUT2D eigenvalue weighted by molar-refractivity contribution is 0.0696. The van der Waals surface area contributed by atoms with E-state index in [4.69, 9.17) is 4.11 Å². The summed E-state index contributed by atoms with van der Waals surface area (Å²) in [6, 6.07) is 5.13. The molecular weight excluding hydrogens is 418 g/mol. The van der Waals surface area contributed by atoms with E-state index in [0.29, 0.717) is 16.8 Å². The van der Waals surface area contributed by atoms with Gasteiger partial charge in [0.2, 0.25) is 0 Å². The summed E-state index contributed by atoms with van der Waals surface area (Å²) in [4.78, 5) is 16.2. The van der Waals surface area contributed by atoms with Gasteiger partial charge in [-0.3, -0.25) is 0 Å². The maximum atomic E-state index is 11.5. The summed E-state index contributed by atoms with van der Waals surface area (Å²) in [6.07, 6.45) is 0. The second-order valence-electron chi connectivity index (χ2n) is 8.04. The average molecular weight is 447 g/mol. The fourth-order valence-corrected chi connectivity index (χ4v) is 3.88. The van der Waals surface area contributed by atoms with E-state index in [1.54, 1.807) is 32.0 Å². The fraction of sp³-hybridized carbons (Fsp3) is 0.192. The van der Waals surface area contributed by atoms with Gasteiger partial charge in [0, 0.05) is 0 Å². The Morgan fingerprint density at radius 1 is 0.909 bits per heavy atom. The lowest BCUT2D eigenvalue weighted by Gasteiger charge is -2.14. The number of phenolic OH excluding ortho intramolecular Hbond substituents is 2. The monoisotopic (exact) mass is 446 g/mol. The molecule has 0 atom stereocenters. The van der Waals surface area contributed by atoms with Crippen molar-refractivity contribution < 1.29 is 24.2 Å². The molecule has 4 rings (SSSR count). The summed E-state index contributed by atoms with van der Waals surface area (Å²) >= 11 is 0. The van der Waals surface area contributed by atoms with Crippen molar-refractivity contribution in [3.8, 4) is 40.0 Å². The number of aromatic nitrogens is 3. The number of carbonyl (C=O) groups is 1. The minimum atomic E-state index is -1.07. The maximum Gasteiger partial charge on any atom is 0.335 e. The van der Waals surface area contributed by atoms with Crippen molar-refractivity contribution in [3.63, 3.8) is 0 Å². The number of hydrogen-bond donors (Lipinski definition) is 3. The molecule has 3 N–H and O–H groups in total. The van der Waals surface area contributed by atoms with Crippen molar-refractivity contribution in [1.82, 2.24) is 14.8 Å². The van der Waals surface area contributed by atoms with E-state index in [1.165, 1.54) is 10.7 Å². The maximum absolute atomic E-state index is 11.5. The summed E-state index contributed by atoms with van der Waals surface area (Å²) in [5, 5.41) is 35.6. The zero-order chi connectivity index (χ0) is 26.6. The topological polar surface area (TPSA) is 108 Å². The van der Waals surface area contributed by atoms with Gasteiger partial charge in [-0.1, -0.05) is 12.1 Å². The quantitative estimate of drug-likeness (QED) is 0.395. The van der Waals surface area contributed by atoms with Crippen LogP contribution in [0.5, 0.6) is 11.5 Å². The normalized spacial score (nSPS) is 12.3. The highest BCUT2D eigenvalue weighted by Gasteiger charge is 2.23. The third-order valence-corrected chi connectivity index (χ3v) is 5.92. The second kappa shape index (κ2) is 8.09. The number of benzene rings is 3. The number of aromatic carboxylic acids is 1. The van der Waals surface area contributed by atoms with E-state index in [9.17, 15) is 20.1 Å². The minimum absolute atomic E-state index is 0.000933. The van der Waals surface area contributed by atoms with Gasteiger partial charge in [0.1, 0.15) is 11.5 Å². The van der Waals surface area contributed by atoms with Gasteiger partial charge in [-0.2, -0.15) is 0 Å². The van der Waals surface area contributed by atoms with Gasteiger partial charge in [-0.25, -0.2) is 14.5 Å². The van der Waals surface area contributed by atoms with Crippen LogP contribution in [0.1, 0.15) is 42.3 Å². The van der Waals surface area contributed by atoms with Crippen molar-refractivity contribution in [3.05, 3.63) is 75.8 Å². The van der Waals surface area contributed by atoms with E-state index in [2.05, 4.69) is 10.1 Å². The number of phenols is 2. The number of hydrogen-bond acceptors (Lipinski definition) is 5. The molecule has 0 aliphatic heterocycles. The van der Waals surface area contributed by atoms with Crippen LogP contribution in [-0.4, -0.2) is 36.1 Å². The Balaban J connectivity index is 2.09. The van der Waals surface area contributed by atoms with Crippen molar-refractivity contribution in [1.29, 1.82) is 0 Å². The molecule has 3 aromatic carbocycles. The highest BCUT2D eigenvalue weighted by Crippen LogP contribution is 2.38. The molecule has 0 spiro atoms. The predicted octanol–water partition coefficient (Wildman–Crippen LogP) is 5.25. The summed E-state index contributed by atoms with van der Waals surface area (Å²) in [7, 11) is 0. The highest BCUT2D eigenvalue weighted by atomic mass is 16.4. The van der Waals surface area contributed by atoms with Gasteiger partial charge in [0.25, 0.3) is 0 Å².